The van der Waals surface area contributed by atoms with Gasteiger partial charge in [0.1, 0.15) is 5.50 Å². The van der Waals surface area contributed by atoms with Gasteiger partial charge in [-0.1, -0.05) is 42.5 Å². The molecule has 1 atom stereocenters. The highest BCUT2D eigenvalue weighted by molar-refractivity contribution is 7.80. The first-order chi connectivity index (χ1) is 10.2. The highest BCUT2D eigenvalue weighted by Crippen LogP contribution is 2.30. The molecule has 0 saturated heterocycles. The number of fused-ring (bicyclic) bond motifs is 1. The largest absolute Gasteiger partial charge is 0.395 e. The molecule has 2 aromatic carbocycles. The standard InChI is InChI=1S/C16H16N2O2S/c19-9-8-18-14(10-15(20)17-16(18)21)13-7-3-5-11-4-1-2-6-12(11)13/h1-7,10,16,19,21H,8-9H2,(H,17,20). The van der Waals surface area contributed by atoms with Crippen molar-refractivity contribution in [3.05, 3.63) is 54.1 Å². The minimum absolute atomic E-state index is 0.00492. The molecule has 0 bridgehead atoms. The zero-order valence-corrected chi connectivity index (χ0v) is 12.3. The number of aliphatic hydroxyl groups is 1. The van der Waals surface area contributed by atoms with E-state index in [1.54, 1.807) is 6.08 Å². The zero-order valence-electron chi connectivity index (χ0n) is 11.4. The number of nitrogens with one attached hydrogen (secondary N) is 1. The van der Waals surface area contributed by atoms with E-state index >= 15 is 0 Å². The van der Waals surface area contributed by atoms with Crippen molar-refractivity contribution in [2.24, 2.45) is 0 Å². The number of nitrogens with zero attached hydrogens (tertiary/aromatic N) is 1. The summed E-state index contributed by atoms with van der Waals surface area (Å²) in [6.07, 6.45) is 1.56. The maximum atomic E-state index is 11.8. The second-order valence-corrected chi connectivity index (χ2v) is 5.34. The number of carbonyl (C=O) groups is 1. The van der Waals surface area contributed by atoms with Crippen LogP contribution in [-0.2, 0) is 4.79 Å². The maximum absolute atomic E-state index is 11.8. The Bertz CT molecular complexity index is 709. The van der Waals surface area contributed by atoms with Crippen LogP contribution in [0.3, 0.4) is 0 Å². The third-order valence-electron chi connectivity index (χ3n) is 3.55. The molecule has 0 aliphatic carbocycles. The van der Waals surface area contributed by atoms with Crippen molar-refractivity contribution in [1.29, 1.82) is 0 Å². The van der Waals surface area contributed by atoms with Crippen LogP contribution in [0.1, 0.15) is 5.56 Å². The molecule has 5 heteroatoms. The molecule has 0 aromatic heterocycles. The SMILES string of the molecule is O=C1C=C(c2cccc3ccccc23)N(CCO)C(S)N1. The van der Waals surface area contributed by atoms with Gasteiger partial charge in [-0.2, -0.15) is 0 Å². The Labute approximate surface area is 128 Å². The molecule has 1 aliphatic rings. The Morgan fingerprint density at radius 3 is 2.76 bits per heavy atom. The Morgan fingerprint density at radius 1 is 1.19 bits per heavy atom. The molecule has 21 heavy (non-hydrogen) atoms. The second kappa shape index (κ2) is 5.79. The minimum Gasteiger partial charge on any atom is -0.395 e. The molecule has 0 saturated carbocycles. The molecular weight excluding hydrogens is 284 g/mol. The van der Waals surface area contributed by atoms with Crippen molar-refractivity contribution in [2.75, 3.05) is 13.2 Å². The summed E-state index contributed by atoms with van der Waals surface area (Å²) in [4.78, 5) is 13.7. The van der Waals surface area contributed by atoms with Gasteiger partial charge in [-0.25, -0.2) is 0 Å². The summed E-state index contributed by atoms with van der Waals surface area (Å²) in [6.45, 7) is 0.401. The smallest absolute Gasteiger partial charge is 0.248 e. The summed E-state index contributed by atoms with van der Waals surface area (Å²) in [5.41, 5.74) is 1.31. The van der Waals surface area contributed by atoms with E-state index in [4.69, 9.17) is 0 Å². The summed E-state index contributed by atoms with van der Waals surface area (Å²) in [6, 6.07) is 14.0. The monoisotopic (exact) mass is 300 g/mol. The summed E-state index contributed by atoms with van der Waals surface area (Å²) in [5.74, 6) is -0.174. The fourth-order valence-electron chi connectivity index (χ4n) is 2.62. The molecule has 0 spiro atoms. The molecule has 2 N–H and O–H groups in total. The van der Waals surface area contributed by atoms with Crippen LogP contribution in [0.4, 0.5) is 0 Å². The van der Waals surface area contributed by atoms with Crippen molar-refractivity contribution in [1.82, 2.24) is 10.2 Å². The molecule has 1 amide bonds. The van der Waals surface area contributed by atoms with Gasteiger partial charge in [0.05, 0.1) is 12.3 Å². The lowest BCUT2D eigenvalue weighted by molar-refractivity contribution is -0.117. The Morgan fingerprint density at radius 2 is 1.95 bits per heavy atom. The third-order valence-corrected chi connectivity index (χ3v) is 3.96. The number of thiol groups is 1. The number of benzene rings is 2. The summed E-state index contributed by atoms with van der Waals surface area (Å²) >= 11 is 4.40. The Hall–Kier alpha value is -1.98. The van der Waals surface area contributed by atoms with Crippen LogP contribution < -0.4 is 5.32 Å². The van der Waals surface area contributed by atoms with E-state index in [1.165, 1.54) is 0 Å². The molecule has 108 valence electrons. The van der Waals surface area contributed by atoms with Crippen LogP contribution in [0.5, 0.6) is 0 Å². The first kappa shape index (κ1) is 14.0. The first-order valence-electron chi connectivity index (χ1n) is 6.76. The van der Waals surface area contributed by atoms with E-state index in [1.807, 2.05) is 47.4 Å². The van der Waals surface area contributed by atoms with E-state index < -0.39 is 5.50 Å². The van der Waals surface area contributed by atoms with E-state index in [9.17, 15) is 9.90 Å². The van der Waals surface area contributed by atoms with Gasteiger partial charge in [0.15, 0.2) is 0 Å². The fraction of sp³-hybridized carbons (Fsp3) is 0.188. The van der Waals surface area contributed by atoms with Crippen molar-refractivity contribution in [2.45, 2.75) is 5.50 Å². The molecule has 1 unspecified atom stereocenters. The first-order valence-corrected chi connectivity index (χ1v) is 7.28. The van der Waals surface area contributed by atoms with Gasteiger partial charge >= 0.3 is 0 Å². The molecule has 4 nitrogen and oxygen atoms in total. The van der Waals surface area contributed by atoms with Gasteiger partial charge in [0.2, 0.25) is 5.91 Å². The molecule has 1 heterocycles. The minimum atomic E-state index is -0.441. The lowest BCUT2D eigenvalue weighted by Crippen LogP contribution is -2.48. The van der Waals surface area contributed by atoms with Crippen LogP contribution in [0.2, 0.25) is 0 Å². The molecule has 0 radical (unpaired) electrons. The predicted octanol–water partition coefficient (Wildman–Crippen LogP) is 1.82. The van der Waals surface area contributed by atoms with Crippen molar-refractivity contribution >= 4 is 35.0 Å². The number of aliphatic hydroxyl groups excluding tert-OH is 1. The van der Waals surface area contributed by atoms with Crippen LogP contribution in [0, 0.1) is 0 Å². The molecule has 2 aromatic rings. The van der Waals surface area contributed by atoms with E-state index in [0.29, 0.717) is 6.54 Å². The van der Waals surface area contributed by atoms with Crippen molar-refractivity contribution in [3.8, 4) is 0 Å². The van der Waals surface area contributed by atoms with Gasteiger partial charge in [0.25, 0.3) is 0 Å². The van der Waals surface area contributed by atoms with Crippen molar-refractivity contribution in [3.63, 3.8) is 0 Å². The predicted molar refractivity (Wildman–Crippen MR) is 86.6 cm³/mol. The summed E-state index contributed by atoms with van der Waals surface area (Å²) in [7, 11) is 0. The van der Waals surface area contributed by atoms with Gasteiger partial charge in [-0.15, -0.1) is 12.6 Å². The van der Waals surface area contributed by atoms with Crippen LogP contribution in [0.15, 0.2) is 48.5 Å². The number of hydrogen-bond acceptors (Lipinski definition) is 4. The molecular formula is C16H16N2O2S. The fourth-order valence-corrected chi connectivity index (χ4v) is 2.98. The van der Waals surface area contributed by atoms with Gasteiger partial charge in [-0.3, -0.25) is 4.79 Å². The van der Waals surface area contributed by atoms with Crippen LogP contribution in [-0.4, -0.2) is 34.6 Å². The topological polar surface area (TPSA) is 52.6 Å². The van der Waals surface area contributed by atoms with Gasteiger partial charge in [-0.05, 0) is 10.8 Å². The number of amides is 1. The van der Waals surface area contributed by atoms with E-state index in [2.05, 4.69) is 17.9 Å². The number of hydrogen-bond donors (Lipinski definition) is 3. The normalized spacial score (nSPS) is 18.6. The second-order valence-electron chi connectivity index (χ2n) is 4.86. The van der Waals surface area contributed by atoms with E-state index in [-0.39, 0.29) is 12.5 Å². The maximum Gasteiger partial charge on any atom is 0.248 e. The molecule has 1 aliphatic heterocycles. The molecule has 0 fully saturated rings. The quantitative estimate of drug-likeness (QED) is 0.758. The van der Waals surface area contributed by atoms with Crippen LogP contribution in [0.25, 0.3) is 16.5 Å². The number of β-amino-alcohol motifs (C(OH)–C–C–N with tert-alkyl or cyclic N) is 1. The van der Waals surface area contributed by atoms with Crippen molar-refractivity contribution < 1.29 is 9.90 Å². The number of carbonyl (C=O) groups excluding carboxylic acids is 1. The summed E-state index contributed by atoms with van der Waals surface area (Å²) < 4.78 is 0. The highest BCUT2D eigenvalue weighted by atomic mass is 32.1. The van der Waals surface area contributed by atoms with Crippen LogP contribution >= 0.6 is 12.6 Å². The average molecular weight is 300 g/mol. The third kappa shape index (κ3) is 2.62. The highest BCUT2D eigenvalue weighted by Gasteiger charge is 2.26. The Kier molecular flexibility index (Phi) is 3.86. The Balaban J connectivity index is 2.16. The lowest BCUT2D eigenvalue weighted by Gasteiger charge is -2.36. The lowest BCUT2D eigenvalue weighted by atomic mass is 10.0. The number of rotatable bonds is 3. The zero-order chi connectivity index (χ0) is 14.8. The average Bonchev–Trinajstić information content (AvgIpc) is 2.49. The van der Waals surface area contributed by atoms with Gasteiger partial charge < -0.3 is 15.3 Å². The van der Waals surface area contributed by atoms with E-state index in [0.717, 1.165) is 22.0 Å². The van der Waals surface area contributed by atoms with Gasteiger partial charge in [0, 0.05) is 18.2 Å². The summed E-state index contributed by atoms with van der Waals surface area (Å²) in [5, 5.41) is 14.2. The molecule has 3 rings (SSSR count).